The lowest BCUT2D eigenvalue weighted by atomic mass is 10.2. The number of carbonyl (C=O) groups excluding carboxylic acids is 1. The van der Waals surface area contributed by atoms with Crippen LogP contribution in [-0.2, 0) is 18.3 Å². The molecule has 1 rings (SSSR count). The molecule has 7 nitrogen and oxygen atoms in total. The zero-order chi connectivity index (χ0) is 19.7. The van der Waals surface area contributed by atoms with Crippen molar-refractivity contribution in [2.75, 3.05) is 33.7 Å². The van der Waals surface area contributed by atoms with Gasteiger partial charge >= 0.3 is 6.09 Å². The summed E-state index contributed by atoms with van der Waals surface area (Å²) >= 11 is 0. The van der Waals surface area contributed by atoms with Gasteiger partial charge in [-0.2, -0.15) is 0 Å². The summed E-state index contributed by atoms with van der Waals surface area (Å²) in [5, 5.41) is 3.32. The van der Waals surface area contributed by atoms with Gasteiger partial charge in [-0.25, -0.2) is 4.79 Å². The summed E-state index contributed by atoms with van der Waals surface area (Å²) in [5.41, 5.74) is 0.721. The second-order valence-corrected chi connectivity index (χ2v) is 7.41. The number of nitrogens with zero attached hydrogens (tertiary/aromatic N) is 4. The molecule has 0 aromatic carbocycles. The Morgan fingerprint density at radius 2 is 2.00 bits per heavy atom. The van der Waals surface area contributed by atoms with Crippen molar-refractivity contribution >= 4 is 36.0 Å². The lowest BCUT2D eigenvalue weighted by Crippen LogP contribution is -2.45. The predicted molar refractivity (Wildman–Crippen MR) is 122 cm³/mol. The number of hydrogen-bond donors (Lipinski definition) is 1. The standard InChI is InChI=1S/C19H35N5O2.HI/c1-8-12-24(18(25)26-19(2,3)4)14-11-21-17(20-5)23(7)15-16-10-9-13-22(16)6;/h9-10,13H,8,11-12,14-15H2,1-7H3,(H,20,21);1H. The maximum atomic E-state index is 12.3. The molecular formula is C19H36IN5O2. The van der Waals surface area contributed by atoms with Gasteiger partial charge in [0.2, 0.25) is 0 Å². The monoisotopic (exact) mass is 493 g/mol. The maximum absolute atomic E-state index is 12.3. The Kier molecular flexibility index (Phi) is 11.4. The molecule has 8 heteroatoms. The Morgan fingerprint density at radius 3 is 2.48 bits per heavy atom. The van der Waals surface area contributed by atoms with E-state index in [0.717, 1.165) is 18.9 Å². The summed E-state index contributed by atoms with van der Waals surface area (Å²) in [6, 6.07) is 4.12. The third-order valence-electron chi connectivity index (χ3n) is 3.83. The first-order valence-corrected chi connectivity index (χ1v) is 9.17. The molecule has 0 spiro atoms. The van der Waals surface area contributed by atoms with Gasteiger partial charge < -0.3 is 24.4 Å². The van der Waals surface area contributed by atoms with Crippen molar-refractivity contribution in [3.8, 4) is 0 Å². The van der Waals surface area contributed by atoms with Crippen molar-refractivity contribution in [3.05, 3.63) is 24.0 Å². The van der Waals surface area contributed by atoms with Crippen LogP contribution in [0.3, 0.4) is 0 Å². The Bertz CT molecular complexity index is 595. The molecule has 0 unspecified atom stereocenters. The van der Waals surface area contributed by atoms with E-state index < -0.39 is 5.60 Å². The van der Waals surface area contributed by atoms with Gasteiger partial charge in [0.05, 0.1) is 6.54 Å². The van der Waals surface area contributed by atoms with Gasteiger partial charge in [-0.15, -0.1) is 24.0 Å². The normalized spacial score (nSPS) is 11.6. The number of halogens is 1. The van der Waals surface area contributed by atoms with Crippen LogP contribution in [0.5, 0.6) is 0 Å². The predicted octanol–water partition coefficient (Wildman–Crippen LogP) is 3.30. The highest BCUT2D eigenvalue weighted by Gasteiger charge is 2.21. The number of aryl methyl sites for hydroxylation is 1. The van der Waals surface area contributed by atoms with E-state index in [-0.39, 0.29) is 30.1 Å². The Morgan fingerprint density at radius 1 is 1.33 bits per heavy atom. The van der Waals surface area contributed by atoms with Gasteiger partial charge in [-0.1, -0.05) is 6.92 Å². The van der Waals surface area contributed by atoms with Gasteiger partial charge in [-0.05, 0) is 39.3 Å². The molecular weight excluding hydrogens is 457 g/mol. The summed E-state index contributed by atoms with van der Waals surface area (Å²) in [6.45, 7) is 10.3. The molecule has 0 aliphatic rings. The zero-order valence-electron chi connectivity index (χ0n) is 17.8. The molecule has 0 fully saturated rings. The lowest BCUT2D eigenvalue weighted by Gasteiger charge is -2.28. The smallest absolute Gasteiger partial charge is 0.410 e. The second kappa shape index (κ2) is 12.1. The first kappa shape index (κ1) is 25.6. The van der Waals surface area contributed by atoms with Gasteiger partial charge in [0, 0.05) is 52.7 Å². The summed E-state index contributed by atoms with van der Waals surface area (Å²) < 4.78 is 7.58. The number of hydrogen-bond acceptors (Lipinski definition) is 3. The minimum Gasteiger partial charge on any atom is -0.444 e. The van der Waals surface area contributed by atoms with E-state index in [1.807, 2.05) is 47.1 Å². The lowest BCUT2D eigenvalue weighted by molar-refractivity contribution is 0.0253. The maximum Gasteiger partial charge on any atom is 0.410 e. The van der Waals surface area contributed by atoms with Crippen molar-refractivity contribution in [2.45, 2.75) is 46.3 Å². The summed E-state index contributed by atoms with van der Waals surface area (Å²) in [4.78, 5) is 20.4. The minimum absolute atomic E-state index is 0. The molecule has 1 aromatic heterocycles. The molecule has 0 bridgehead atoms. The summed E-state index contributed by atoms with van der Waals surface area (Å²) in [5.74, 6) is 0.798. The summed E-state index contributed by atoms with van der Waals surface area (Å²) in [7, 11) is 5.80. The third-order valence-corrected chi connectivity index (χ3v) is 3.83. The fraction of sp³-hybridized carbons (Fsp3) is 0.684. The van der Waals surface area contributed by atoms with E-state index in [2.05, 4.69) is 32.8 Å². The Balaban J connectivity index is 0.00000676. The van der Waals surface area contributed by atoms with Crippen molar-refractivity contribution in [1.82, 2.24) is 19.7 Å². The highest BCUT2D eigenvalue weighted by atomic mass is 127. The molecule has 0 saturated carbocycles. The van der Waals surface area contributed by atoms with Gasteiger partial charge in [0.15, 0.2) is 5.96 Å². The average molecular weight is 493 g/mol. The zero-order valence-corrected chi connectivity index (χ0v) is 20.1. The first-order valence-electron chi connectivity index (χ1n) is 9.17. The van der Waals surface area contributed by atoms with E-state index in [4.69, 9.17) is 4.74 Å². The van der Waals surface area contributed by atoms with E-state index in [0.29, 0.717) is 19.6 Å². The first-order chi connectivity index (χ1) is 12.2. The van der Waals surface area contributed by atoms with Crippen LogP contribution in [0.1, 0.15) is 39.8 Å². The molecule has 1 N–H and O–H groups in total. The number of aliphatic imine (C=N–C) groups is 1. The van der Waals surface area contributed by atoms with E-state index in [9.17, 15) is 4.79 Å². The highest BCUT2D eigenvalue weighted by molar-refractivity contribution is 14.0. The highest BCUT2D eigenvalue weighted by Crippen LogP contribution is 2.10. The summed E-state index contributed by atoms with van der Waals surface area (Å²) in [6.07, 6.45) is 2.65. The number of nitrogens with one attached hydrogen (secondary N) is 1. The van der Waals surface area contributed by atoms with Gasteiger partial charge in [0.25, 0.3) is 0 Å². The number of ether oxygens (including phenoxy) is 1. The fourth-order valence-corrected chi connectivity index (χ4v) is 2.56. The quantitative estimate of drug-likeness (QED) is 0.360. The number of aromatic nitrogens is 1. The molecule has 1 heterocycles. The second-order valence-electron chi connectivity index (χ2n) is 7.41. The molecule has 156 valence electrons. The third kappa shape index (κ3) is 9.34. The van der Waals surface area contributed by atoms with Gasteiger partial charge in [0.1, 0.15) is 5.60 Å². The molecule has 1 aromatic rings. The number of rotatable bonds is 7. The largest absolute Gasteiger partial charge is 0.444 e. The van der Waals surface area contributed by atoms with Crippen LogP contribution in [0.2, 0.25) is 0 Å². The number of guanidine groups is 1. The van der Waals surface area contributed by atoms with E-state index in [1.165, 1.54) is 5.69 Å². The average Bonchev–Trinajstić information content (AvgIpc) is 2.93. The molecule has 0 aliphatic heterocycles. The molecule has 0 aliphatic carbocycles. The SMILES string of the molecule is CCCN(CCNC(=NC)N(C)Cc1cccn1C)C(=O)OC(C)(C)C.I. The van der Waals surface area contributed by atoms with Crippen molar-refractivity contribution in [1.29, 1.82) is 0 Å². The Labute approximate surface area is 181 Å². The van der Waals surface area contributed by atoms with Crippen molar-refractivity contribution < 1.29 is 9.53 Å². The van der Waals surface area contributed by atoms with Crippen LogP contribution < -0.4 is 5.32 Å². The van der Waals surface area contributed by atoms with Crippen LogP contribution in [0.4, 0.5) is 4.79 Å². The fourth-order valence-electron chi connectivity index (χ4n) is 2.56. The Hall–Kier alpha value is -1.45. The molecule has 0 radical (unpaired) electrons. The van der Waals surface area contributed by atoms with E-state index in [1.54, 1.807) is 11.9 Å². The van der Waals surface area contributed by atoms with Crippen LogP contribution in [0, 0.1) is 0 Å². The number of carbonyl (C=O) groups is 1. The van der Waals surface area contributed by atoms with Crippen molar-refractivity contribution in [2.24, 2.45) is 12.0 Å². The van der Waals surface area contributed by atoms with Crippen LogP contribution >= 0.6 is 24.0 Å². The molecule has 0 saturated heterocycles. The minimum atomic E-state index is -0.484. The topological polar surface area (TPSA) is 62.1 Å². The molecule has 0 atom stereocenters. The number of amides is 1. The van der Waals surface area contributed by atoms with Crippen LogP contribution in [0.25, 0.3) is 0 Å². The molecule has 27 heavy (non-hydrogen) atoms. The van der Waals surface area contributed by atoms with Crippen LogP contribution in [-0.4, -0.2) is 65.8 Å². The van der Waals surface area contributed by atoms with E-state index >= 15 is 0 Å². The van der Waals surface area contributed by atoms with Gasteiger partial charge in [-0.3, -0.25) is 4.99 Å². The molecule has 1 amide bonds. The van der Waals surface area contributed by atoms with Crippen LogP contribution in [0.15, 0.2) is 23.3 Å². The van der Waals surface area contributed by atoms with Crippen molar-refractivity contribution in [3.63, 3.8) is 0 Å².